The minimum Gasteiger partial charge on any atom is -0.313 e. The summed E-state index contributed by atoms with van der Waals surface area (Å²) in [5.74, 6) is 0. The van der Waals surface area contributed by atoms with Crippen LogP contribution in [0.5, 0.6) is 0 Å². The molecule has 0 aromatic carbocycles. The van der Waals surface area contributed by atoms with Crippen LogP contribution in [-0.2, 0) is 10.2 Å². The molecule has 7 heteroatoms. The number of hydrogen-bond acceptors (Lipinski definition) is 4. The van der Waals surface area contributed by atoms with Gasteiger partial charge in [-0.05, 0) is 25.0 Å². The van der Waals surface area contributed by atoms with Crippen molar-refractivity contribution in [2.45, 2.75) is 45.2 Å². The third-order valence-corrected chi connectivity index (χ3v) is 5.16. The fraction of sp³-hybridized carbons (Fsp3) is 0.643. The minimum atomic E-state index is -3.52. The summed E-state index contributed by atoms with van der Waals surface area (Å²) in [6.07, 6.45) is 6.04. The summed E-state index contributed by atoms with van der Waals surface area (Å²) >= 11 is 0. The first-order valence-corrected chi connectivity index (χ1v) is 8.86. The highest BCUT2D eigenvalue weighted by molar-refractivity contribution is 7.90. The average molecular weight is 312 g/mol. The molecule has 1 atom stereocenters. The molecular weight excluding hydrogens is 288 g/mol. The van der Waals surface area contributed by atoms with Crippen molar-refractivity contribution < 1.29 is 8.42 Å². The topological polar surface area (TPSA) is 74.3 Å². The summed E-state index contributed by atoms with van der Waals surface area (Å²) in [4.78, 5) is 3.89. The van der Waals surface area contributed by atoms with Gasteiger partial charge in [0.1, 0.15) is 0 Å². The van der Waals surface area contributed by atoms with Crippen molar-refractivity contribution in [3.63, 3.8) is 0 Å². The molecule has 1 aliphatic rings. The molecule has 0 spiro atoms. The van der Waals surface area contributed by atoms with Gasteiger partial charge in [-0.15, -0.1) is 0 Å². The van der Waals surface area contributed by atoms with Crippen molar-refractivity contribution in [2.75, 3.05) is 17.8 Å². The fourth-order valence-electron chi connectivity index (χ4n) is 2.49. The summed E-state index contributed by atoms with van der Waals surface area (Å²) in [6, 6.07) is 3.68. The molecule has 1 aliphatic heterocycles. The number of hydrogen-bond donors (Lipinski definition) is 2. The first kappa shape index (κ1) is 16.2. The monoisotopic (exact) mass is 312 g/mol. The molecule has 0 amide bonds. The molecule has 1 aromatic rings. The van der Waals surface area contributed by atoms with Crippen LogP contribution in [0, 0.1) is 0 Å². The maximum Gasteiger partial charge on any atom is 0.301 e. The van der Waals surface area contributed by atoms with Gasteiger partial charge in [0.15, 0.2) is 0 Å². The SMILES string of the molecule is CC(C)NCC1CCCCN1S(=O)(=O)Nc1ccncc1. The van der Waals surface area contributed by atoms with E-state index in [1.807, 2.05) is 0 Å². The average Bonchev–Trinajstić information content (AvgIpc) is 2.46. The molecule has 0 aliphatic carbocycles. The van der Waals surface area contributed by atoms with Crippen LogP contribution >= 0.6 is 0 Å². The molecule has 1 saturated heterocycles. The van der Waals surface area contributed by atoms with Crippen LogP contribution in [0.25, 0.3) is 0 Å². The lowest BCUT2D eigenvalue weighted by Crippen LogP contribution is -2.51. The largest absolute Gasteiger partial charge is 0.313 e. The van der Waals surface area contributed by atoms with Crippen molar-refractivity contribution in [2.24, 2.45) is 0 Å². The summed E-state index contributed by atoms with van der Waals surface area (Å²) < 4.78 is 29.4. The Morgan fingerprint density at radius 3 is 2.71 bits per heavy atom. The smallest absolute Gasteiger partial charge is 0.301 e. The third-order valence-electron chi connectivity index (χ3n) is 3.57. The zero-order valence-electron chi connectivity index (χ0n) is 12.6. The first-order valence-electron chi connectivity index (χ1n) is 7.42. The van der Waals surface area contributed by atoms with E-state index in [1.165, 1.54) is 0 Å². The van der Waals surface area contributed by atoms with Crippen molar-refractivity contribution in [1.29, 1.82) is 0 Å². The lowest BCUT2D eigenvalue weighted by molar-refractivity contribution is 0.243. The van der Waals surface area contributed by atoms with E-state index in [1.54, 1.807) is 28.8 Å². The van der Waals surface area contributed by atoms with Crippen LogP contribution in [-0.4, -0.2) is 42.9 Å². The second kappa shape index (κ2) is 7.20. The van der Waals surface area contributed by atoms with Gasteiger partial charge in [0, 0.05) is 37.6 Å². The van der Waals surface area contributed by atoms with E-state index in [-0.39, 0.29) is 6.04 Å². The number of nitrogens with one attached hydrogen (secondary N) is 2. The lowest BCUT2D eigenvalue weighted by atomic mass is 10.0. The standard InChI is InChI=1S/C14H24N4O2S/c1-12(2)16-11-14-5-3-4-10-18(14)21(19,20)17-13-6-8-15-9-7-13/h6-9,12,14,16H,3-5,10-11H2,1-2H3,(H,15,17). The molecular formula is C14H24N4O2S. The number of anilines is 1. The number of rotatable bonds is 6. The molecule has 1 unspecified atom stereocenters. The Balaban J connectivity index is 2.08. The van der Waals surface area contributed by atoms with Crippen molar-refractivity contribution in [1.82, 2.24) is 14.6 Å². The Hall–Kier alpha value is -1.18. The summed E-state index contributed by atoms with van der Waals surface area (Å²) in [7, 11) is -3.52. The second-order valence-corrected chi connectivity index (χ2v) is 7.29. The van der Waals surface area contributed by atoms with Gasteiger partial charge in [-0.25, -0.2) is 0 Å². The molecule has 0 radical (unpaired) electrons. The Morgan fingerprint density at radius 1 is 1.33 bits per heavy atom. The van der Waals surface area contributed by atoms with E-state index < -0.39 is 10.2 Å². The minimum absolute atomic E-state index is 0.0143. The zero-order valence-corrected chi connectivity index (χ0v) is 13.4. The van der Waals surface area contributed by atoms with Gasteiger partial charge in [-0.3, -0.25) is 9.71 Å². The van der Waals surface area contributed by atoms with Gasteiger partial charge in [0.2, 0.25) is 0 Å². The molecule has 21 heavy (non-hydrogen) atoms. The highest BCUT2D eigenvalue weighted by Crippen LogP contribution is 2.21. The van der Waals surface area contributed by atoms with Crippen LogP contribution in [0.1, 0.15) is 33.1 Å². The van der Waals surface area contributed by atoms with E-state index >= 15 is 0 Å². The summed E-state index contributed by atoms with van der Waals surface area (Å²) in [5.41, 5.74) is 0.547. The maximum absolute atomic E-state index is 12.6. The summed E-state index contributed by atoms with van der Waals surface area (Å²) in [6.45, 7) is 5.40. The van der Waals surface area contributed by atoms with Gasteiger partial charge in [-0.1, -0.05) is 20.3 Å². The normalized spacial score (nSPS) is 20.6. The molecule has 2 rings (SSSR count). The van der Waals surface area contributed by atoms with Gasteiger partial charge < -0.3 is 5.32 Å². The van der Waals surface area contributed by atoms with Crippen LogP contribution in [0.2, 0.25) is 0 Å². The number of nitrogens with zero attached hydrogens (tertiary/aromatic N) is 2. The van der Waals surface area contributed by atoms with E-state index in [0.29, 0.717) is 24.8 Å². The first-order chi connectivity index (χ1) is 9.99. The predicted molar refractivity (Wildman–Crippen MR) is 84.3 cm³/mol. The molecule has 2 heterocycles. The molecule has 118 valence electrons. The number of piperidine rings is 1. The van der Waals surface area contributed by atoms with Crippen molar-refractivity contribution in [3.05, 3.63) is 24.5 Å². The molecule has 6 nitrogen and oxygen atoms in total. The predicted octanol–water partition coefficient (Wildman–Crippen LogP) is 1.59. The van der Waals surface area contributed by atoms with Gasteiger partial charge in [-0.2, -0.15) is 12.7 Å². The highest BCUT2D eigenvalue weighted by Gasteiger charge is 2.32. The highest BCUT2D eigenvalue weighted by atomic mass is 32.2. The second-order valence-electron chi connectivity index (χ2n) is 5.67. The maximum atomic E-state index is 12.6. The van der Waals surface area contributed by atoms with Crippen LogP contribution in [0.4, 0.5) is 5.69 Å². The van der Waals surface area contributed by atoms with Crippen molar-refractivity contribution in [3.8, 4) is 0 Å². The molecule has 1 fully saturated rings. The third kappa shape index (κ3) is 4.66. The van der Waals surface area contributed by atoms with Gasteiger partial charge >= 0.3 is 10.2 Å². The van der Waals surface area contributed by atoms with Gasteiger partial charge in [0.25, 0.3) is 0 Å². The molecule has 0 bridgehead atoms. The van der Waals surface area contributed by atoms with E-state index in [9.17, 15) is 8.42 Å². The van der Waals surface area contributed by atoms with Crippen LogP contribution < -0.4 is 10.0 Å². The quantitative estimate of drug-likeness (QED) is 0.836. The Bertz CT molecular complexity index is 533. The fourth-order valence-corrected chi connectivity index (χ4v) is 3.99. The van der Waals surface area contributed by atoms with Crippen molar-refractivity contribution >= 4 is 15.9 Å². The van der Waals surface area contributed by atoms with Crippen LogP contribution in [0.3, 0.4) is 0 Å². The number of aromatic nitrogens is 1. The van der Waals surface area contributed by atoms with Crippen LogP contribution in [0.15, 0.2) is 24.5 Å². The number of pyridine rings is 1. The Labute approximate surface area is 127 Å². The molecule has 2 N–H and O–H groups in total. The van der Waals surface area contributed by atoms with E-state index in [0.717, 1.165) is 19.3 Å². The molecule has 1 aromatic heterocycles. The Morgan fingerprint density at radius 2 is 2.05 bits per heavy atom. The summed E-state index contributed by atoms with van der Waals surface area (Å²) in [5, 5.41) is 3.34. The van der Waals surface area contributed by atoms with E-state index in [2.05, 4.69) is 28.9 Å². The zero-order chi connectivity index (χ0) is 15.3. The lowest BCUT2D eigenvalue weighted by Gasteiger charge is -2.35. The molecule has 0 saturated carbocycles. The Kier molecular flexibility index (Phi) is 5.55. The van der Waals surface area contributed by atoms with E-state index in [4.69, 9.17) is 0 Å². The van der Waals surface area contributed by atoms with Gasteiger partial charge in [0.05, 0.1) is 5.69 Å².